The lowest BCUT2D eigenvalue weighted by molar-refractivity contribution is -0.226. The Hall–Kier alpha value is -1.30. The fourth-order valence-corrected chi connectivity index (χ4v) is 0.969. The van der Waals surface area contributed by atoms with E-state index in [4.69, 9.17) is 21.7 Å². The number of aliphatic hydroxyl groups is 2. The van der Waals surface area contributed by atoms with Gasteiger partial charge < -0.3 is 41.4 Å². The van der Waals surface area contributed by atoms with Gasteiger partial charge in [-0.25, -0.2) is 0 Å². The minimum Gasteiger partial charge on any atom is -0.480 e. The molecule has 0 aromatic carbocycles. The van der Waals surface area contributed by atoms with Crippen molar-refractivity contribution < 1.29 is 39.5 Å². The van der Waals surface area contributed by atoms with Crippen molar-refractivity contribution in [3.8, 4) is 0 Å². The minimum atomic E-state index is -1.48. The Morgan fingerprint density at radius 3 is 1.47 bits per heavy atom. The molecule has 0 spiro atoms. The summed E-state index contributed by atoms with van der Waals surface area (Å²) in [6.45, 7) is -0.568. The average molecular weight is 282 g/mol. The Labute approximate surface area is 108 Å². The molecule has 0 rings (SSSR count). The van der Waals surface area contributed by atoms with Gasteiger partial charge >= 0.3 is 11.9 Å². The van der Waals surface area contributed by atoms with Gasteiger partial charge in [0.2, 0.25) is 0 Å². The summed E-state index contributed by atoms with van der Waals surface area (Å²) in [5.74, 6) is -2.59. The van der Waals surface area contributed by atoms with Gasteiger partial charge in [-0.2, -0.15) is 0 Å². The lowest BCUT2D eigenvalue weighted by Gasteiger charge is -2.17. The second-order valence-corrected chi connectivity index (χ2v) is 3.72. The molecule has 0 aliphatic rings. The maximum atomic E-state index is 10.4. The van der Waals surface area contributed by atoms with Crippen LogP contribution in [-0.4, -0.2) is 63.8 Å². The summed E-state index contributed by atoms with van der Waals surface area (Å²) in [6, 6.07) is -2.58. The highest BCUT2D eigenvalue weighted by Crippen LogP contribution is 2.02. The van der Waals surface area contributed by atoms with Crippen molar-refractivity contribution >= 4 is 11.9 Å². The topological polar surface area (TPSA) is 186 Å². The first-order chi connectivity index (χ1) is 8.73. The molecule has 0 heterocycles. The van der Waals surface area contributed by atoms with E-state index < -0.39 is 43.4 Å². The van der Waals surface area contributed by atoms with Crippen LogP contribution in [0.15, 0.2) is 0 Å². The van der Waals surface area contributed by atoms with Gasteiger partial charge in [-0.1, -0.05) is 0 Å². The monoisotopic (exact) mass is 282 g/mol. The number of aliphatic carboxylic acids is 2. The number of hydrogen-bond donors (Lipinski definition) is 6. The predicted octanol–water partition coefficient (Wildman–Crippen LogP) is -2.78. The molecule has 10 heteroatoms. The zero-order valence-electron chi connectivity index (χ0n) is 10.0. The second-order valence-electron chi connectivity index (χ2n) is 3.72. The third-order valence-corrected chi connectivity index (χ3v) is 2.07. The molecule has 0 amide bonds. The Balaban J connectivity index is 3.78. The number of hydrogen-bond acceptors (Lipinski definition) is 8. The van der Waals surface area contributed by atoms with Gasteiger partial charge in [0.05, 0.1) is 0 Å². The molecule has 0 saturated carbocycles. The first-order valence-corrected chi connectivity index (χ1v) is 5.30. The van der Waals surface area contributed by atoms with E-state index in [1.54, 1.807) is 0 Å². The highest BCUT2D eigenvalue weighted by molar-refractivity contribution is 5.73. The van der Waals surface area contributed by atoms with Gasteiger partial charge in [-0.3, -0.25) is 9.59 Å². The van der Waals surface area contributed by atoms with Gasteiger partial charge in [0.1, 0.15) is 12.1 Å². The third-order valence-electron chi connectivity index (χ3n) is 2.07. The van der Waals surface area contributed by atoms with Crippen molar-refractivity contribution in [2.75, 3.05) is 6.79 Å². The predicted molar refractivity (Wildman–Crippen MR) is 59.5 cm³/mol. The molecule has 112 valence electrons. The van der Waals surface area contributed by atoms with Gasteiger partial charge in [0.25, 0.3) is 0 Å². The van der Waals surface area contributed by atoms with E-state index in [1.807, 2.05) is 0 Å². The summed E-state index contributed by atoms with van der Waals surface area (Å²) in [5, 5.41) is 35.3. The van der Waals surface area contributed by atoms with Gasteiger partial charge in [0.15, 0.2) is 19.4 Å². The molecule has 0 fully saturated rings. The van der Waals surface area contributed by atoms with Crippen LogP contribution in [0.2, 0.25) is 0 Å². The SMILES string of the molecule is N[C@@H](CC(O)OCOC(O)C[C@H](N)C(=O)O)C(=O)O. The van der Waals surface area contributed by atoms with E-state index in [9.17, 15) is 19.8 Å². The number of nitrogens with two attached hydrogens (primary N) is 2. The summed E-state index contributed by atoms with van der Waals surface area (Å²) < 4.78 is 9.23. The molecule has 0 radical (unpaired) electrons. The lowest BCUT2D eigenvalue weighted by Crippen LogP contribution is -2.36. The van der Waals surface area contributed by atoms with Crippen LogP contribution >= 0.6 is 0 Å². The number of aliphatic hydroxyl groups excluding tert-OH is 2. The van der Waals surface area contributed by atoms with Crippen molar-refractivity contribution in [2.24, 2.45) is 11.5 Å². The summed E-state index contributed by atoms with van der Waals surface area (Å²) in [5.41, 5.74) is 10.3. The molecule has 0 aromatic heterocycles. The second kappa shape index (κ2) is 8.74. The maximum absolute atomic E-state index is 10.4. The molecule has 0 saturated heterocycles. The number of carboxylic acid groups (broad SMARTS) is 2. The summed E-state index contributed by atoms with van der Waals surface area (Å²) in [4.78, 5) is 20.7. The van der Waals surface area contributed by atoms with E-state index in [2.05, 4.69) is 9.47 Å². The van der Waals surface area contributed by atoms with Crippen LogP contribution < -0.4 is 11.5 Å². The van der Waals surface area contributed by atoms with Crippen LogP contribution in [0.25, 0.3) is 0 Å². The molecule has 0 aliphatic heterocycles. The molecule has 0 aromatic rings. The quantitative estimate of drug-likeness (QED) is 0.229. The van der Waals surface area contributed by atoms with E-state index in [0.29, 0.717) is 0 Å². The standard InChI is InChI=1S/C9H18N2O8/c10-4(8(14)15)1-6(12)18-3-19-7(13)2-5(11)9(16)17/h4-7,12-13H,1-3,10-11H2,(H,14,15)(H,16,17)/t4-,5-,6?,7?/m0/s1. The lowest BCUT2D eigenvalue weighted by atomic mass is 10.2. The molecule has 10 nitrogen and oxygen atoms in total. The maximum Gasteiger partial charge on any atom is 0.320 e. The minimum absolute atomic E-state index is 0.358. The zero-order valence-corrected chi connectivity index (χ0v) is 10.0. The fourth-order valence-electron chi connectivity index (χ4n) is 0.969. The van der Waals surface area contributed by atoms with Crippen molar-refractivity contribution in [1.82, 2.24) is 0 Å². The number of carbonyl (C=O) groups is 2. The van der Waals surface area contributed by atoms with E-state index in [0.717, 1.165) is 0 Å². The smallest absolute Gasteiger partial charge is 0.320 e. The van der Waals surface area contributed by atoms with E-state index in [1.165, 1.54) is 0 Å². The van der Waals surface area contributed by atoms with Crippen molar-refractivity contribution in [1.29, 1.82) is 0 Å². The molecule has 0 aliphatic carbocycles. The molecule has 2 unspecified atom stereocenters. The van der Waals surface area contributed by atoms with Crippen LogP contribution in [-0.2, 0) is 19.1 Å². The third kappa shape index (κ3) is 8.42. The zero-order chi connectivity index (χ0) is 15.0. The Kier molecular flexibility index (Phi) is 8.14. The van der Waals surface area contributed by atoms with Gasteiger partial charge in [-0.05, 0) is 0 Å². The number of rotatable bonds is 10. The Bertz CT molecular complexity index is 272. The van der Waals surface area contributed by atoms with Crippen molar-refractivity contribution in [2.45, 2.75) is 37.5 Å². The Morgan fingerprint density at radius 1 is 0.895 bits per heavy atom. The van der Waals surface area contributed by atoms with E-state index >= 15 is 0 Å². The van der Waals surface area contributed by atoms with Crippen LogP contribution in [0.1, 0.15) is 12.8 Å². The molecule has 19 heavy (non-hydrogen) atoms. The summed E-state index contributed by atoms with van der Waals surface area (Å²) in [6.07, 6.45) is -3.68. The molecular formula is C9H18N2O8. The number of carboxylic acids is 2. The fraction of sp³-hybridized carbons (Fsp3) is 0.778. The normalized spacial score (nSPS) is 17.5. The van der Waals surface area contributed by atoms with Gasteiger partial charge in [0, 0.05) is 12.8 Å². The highest BCUT2D eigenvalue weighted by Gasteiger charge is 2.19. The first-order valence-electron chi connectivity index (χ1n) is 5.30. The summed E-state index contributed by atoms with van der Waals surface area (Å²) >= 11 is 0. The van der Waals surface area contributed by atoms with Crippen LogP contribution in [0.3, 0.4) is 0 Å². The summed E-state index contributed by atoms with van der Waals surface area (Å²) in [7, 11) is 0. The molecule has 0 bridgehead atoms. The average Bonchev–Trinajstić information content (AvgIpc) is 2.28. The van der Waals surface area contributed by atoms with Crippen LogP contribution in [0.5, 0.6) is 0 Å². The van der Waals surface area contributed by atoms with Crippen molar-refractivity contribution in [3.05, 3.63) is 0 Å². The van der Waals surface area contributed by atoms with Crippen LogP contribution in [0.4, 0.5) is 0 Å². The van der Waals surface area contributed by atoms with Crippen molar-refractivity contribution in [3.63, 3.8) is 0 Å². The largest absolute Gasteiger partial charge is 0.480 e. The first kappa shape index (κ1) is 17.7. The molecule has 8 N–H and O–H groups in total. The molecule has 4 atom stereocenters. The van der Waals surface area contributed by atoms with Gasteiger partial charge in [-0.15, -0.1) is 0 Å². The van der Waals surface area contributed by atoms with Crippen LogP contribution in [0, 0.1) is 0 Å². The Morgan fingerprint density at radius 2 is 1.21 bits per heavy atom. The molecular weight excluding hydrogens is 264 g/mol. The number of ether oxygens (including phenoxy) is 2. The highest BCUT2D eigenvalue weighted by atomic mass is 16.7. The van der Waals surface area contributed by atoms with E-state index in [-0.39, 0.29) is 12.8 Å².